The van der Waals surface area contributed by atoms with Crippen LogP contribution in [0.5, 0.6) is 5.75 Å². The van der Waals surface area contributed by atoms with E-state index in [0.29, 0.717) is 18.0 Å². The molecule has 0 bridgehead atoms. The fourth-order valence-corrected chi connectivity index (χ4v) is 3.43. The summed E-state index contributed by atoms with van der Waals surface area (Å²) in [7, 11) is 0. The number of ether oxygens (including phenoxy) is 2. The van der Waals surface area contributed by atoms with E-state index in [0.717, 1.165) is 18.4 Å². The van der Waals surface area contributed by atoms with Gasteiger partial charge in [-0.2, -0.15) is 0 Å². The summed E-state index contributed by atoms with van der Waals surface area (Å²) >= 11 is 0. The number of nitrogens with one attached hydrogen (secondary N) is 2. The summed E-state index contributed by atoms with van der Waals surface area (Å²) in [5.41, 5.74) is 1.35. The molecule has 8 nitrogen and oxygen atoms in total. The second kappa shape index (κ2) is 16.1. The zero-order chi connectivity index (χ0) is 25.3. The second-order valence-corrected chi connectivity index (χ2v) is 8.32. The number of hydrogen-bond acceptors (Lipinski definition) is 5. The molecule has 1 atom stereocenters. The fourth-order valence-electron chi connectivity index (χ4n) is 3.43. The Bertz CT molecular complexity index is 902. The van der Waals surface area contributed by atoms with E-state index in [9.17, 15) is 14.4 Å². The maximum atomic E-state index is 12.6. The molecule has 0 saturated carbocycles. The van der Waals surface area contributed by atoms with E-state index in [1.807, 2.05) is 30.3 Å². The van der Waals surface area contributed by atoms with Gasteiger partial charge in [0.1, 0.15) is 18.4 Å². The average molecular weight is 485 g/mol. The molecule has 35 heavy (non-hydrogen) atoms. The average Bonchev–Trinajstić information content (AvgIpc) is 2.86. The van der Waals surface area contributed by atoms with E-state index in [1.54, 1.807) is 24.3 Å². The molecule has 2 rings (SSSR count). The summed E-state index contributed by atoms with van der Waals surface area (Å²) in [6.45, 7) is 2.96. The Morgan fingerprint density at radius 3 is 2.29 bits per heavy atom. The summed E-state index contributed by atoms with van der Waals surface area (Å²) < 4.78 is 10.9. The lowest BCUT2D eigenvalue weighted by Gasteiger charge is -2.17. The fraction of sp³-hybridized carbons (Fsp3) is 0.444. The van der Waals surface area contributed by atoms with E-state index >= 15 is 0 Å². The SMILES string of the molecule is CCCCCCCCOc1ccc(NC(=O)[C@H](CCC(=O)OCc2ccccc2)NC(=O)O)cc1. The second-order valence-electron chi connectivity index (χ2n) is 8.32. The van der Waals surface area contributed by atoms with Crippen molar-refractivity contribution < 1.29 is 29.0 Å². The minimum absolute atomic E-state index is 0.0226. The highest BCUT2D eigenvalue weighted by molar-refractivity contribution is 5.96. The molecule has 0 aliphatic rings. The van der Waals surface area contributed by atoms with Crippen molar-refractivity contribution in [2.24, 2.45) is 0 Å². The van der Waals surface area contributed by atoms with Crippen LogP contribution >= 0.6 is 0 Å². The predicted molar refractivity (Wildman–Crippen MR) is 134 cm³/mol. The molecule has 3 N–H and O–H groups in total. The van der Waals surface area contributed by atoms with Crippen molar-refractivity contribution in [2.75, 3.05) is 11.9 Å². The highest BCUT2D eigenvalue weighted by Crippen LogP contribution is 2.17. The van der Waals surface area contributed by atoms with Crippen LogP contribution in [-0.2, 0) is 20.9 Å². The van der Waals surface area contributed by atoms with E-state index in [-0.39, 0.29) is 19.4 Å². The number of unbranched alkanes of at least 4 members (excludes halogenated alkanes) is 5. The van der Waals surface area contributed by atoms with Gasteiger partial charge in [-0.3, -0.25) is 9.59 Å². The van der Waals surface area contributed by atoms with Crippen LogP contribution < -0.4 is 15.4 Å². The van der Waals surface area contributed by atoms with Crippen molar-refractivity contribution in [3.63, 3.8) is 0 Å². The van der Waals surface area contributed by atoms with Crippen LogP contribution in [-0.4, -0.2) is 35.7 Å². The van der Waals surface area contributed by atoms with Crippen LogP contribution in [0.1, 0.15) is 63.9 Å². The largest absolute Gasteiger partial charge is 0.494 e. The maximum absolute atomic E-state index is 12.6. The summed E-state index contributed by atoms with van der Waals surface area (Å²) in [4.78, 5) is 35.8. The molecule has 0 aliphatic heterocycles. The molecule has 0 heterocycles. The minimum atomic E-state index is -1.35. The van der Waals surface area contributed by atoms with Crippen molar-refractivity contribution in [3.8, 4) is 5.75 Å². The van der Waals surface area contributed by atoms with Crippen molar-refractivity contribution in [1.29, 1.82) is 0 Å². The van der Waals surface area contributed by atoms with Gasteiger partial charge in [-0.1, -0.05) is 69.4 Å². The number of benzene rings is 2. The molecule has 0 saturated heterocycles. The van der Waals surface area contributed by atoms with Gasteiger partial charge in [0, 0.05) is 12.1 Å². The third-order valence-corrected chi connectivity index (χ3v) is 5.38. The smallest absolute Gasteiger partial charge is 0.405 e. The number of carbonyl (C=O) groups excluding carboxylic acids is 2. The van der Waals surface area contributed by atoms with Crippen molar-refractivity contribution in [1.82, 2.24) is 5.32 Å². The zero-order valence-electron chi connectivity index (χ0n) is 20.3. The molecular formula is C27H36N2O6. The summed E-state index contributed by atoms with van der Waals surface area (Å²) in [5, 5.41) is 13.9. The molecule has 0 spiro atoms. The number of carbonyl (C=O) groups is 3. The molecule has 2 amide bonds. The number of esters is 1. The van der Waals surface area contributed by atoms with Gasteiger partial charge in [0.2, 0.25) is 5.91 Å². The Kier molecular flexibility index (Phi) is 12.8. The quantitative estimate of drug-likeness (QED) is 0.213. The Morgan fingerprint density at radius 2 is 1.60 bits per heavy atom. The molecule has 0 aromatic heterocycles. The van der Waals surface area contributed by atoms with E-state index in [1.165, 1.54) is 25.7 Å². The number of anilines is 1. The van der Waals surface area contributed by atoms with Gasteiger partial charge in [-0.15, -0.1) is 0 Å². The van der Waals surface area contributed by atoms with E-state index < -0.39 is 24.0 Å². The third kappa shape index (κ3) is 11.9. The van der Waals surface area contributed by atoms with Crippen LogP contribution in [0.25, 0.3) is 0 Å². The highest BCUT2D eigenvalue weighted by Gasteiger charge is 2.22. The van der Waals surface area contributed by atoms with Gasteiger partial charge in [-0.25, -0.2) is 4.79 Å². The number of hydrogen-bond donors (Lipinski definition) is 3. The lowest BCUT2D eigenvalue weighted by atomic mass is 10.1. The van der Waals surface area contributed by atoms with E-state index in [4.69, 9.17) is 14.6 Å². The van der Waals surface area contributed by atoms with Crippen LogP contribution in [0.15, 0.2) is 54.6 Å². The molecule has 190 valence electrons. The van der Waals surface area contributed by atoms with Gasteiger partial charge in [-0.05, 0) is 42.7 Å². The van der Waals surface area contributed by atoms with Gasteiger partial charge in [0.15, 0.2) is 0 Å². The summed E-state index contributed by atoms with van der Waals surface area (Å²) in [5.74, 6) is -0.354. The zero-order valence-corrected chi connectivity index (χ0v) is 20.3. The normalized spacial score (nSPS) is 11.3. The Balaban J connectivity index is 1.76. The lowest BCUT2D eigenvalue weighted by molar-refractivity contribution is -0.145. The van der Waals surface area contributed by atoms with Gasteiger partial charge in [0.05, 0.1) is 6.61 Å². The highest BCUT2D eigenvalue weighted by atomic mass is 16.5. The first-order chi connectivity index (χ1) is 17.0. The number of amides is 2. The molecule has 2 aromatic carbocycles. The van der Waals surface area contributed by atoms with Gasteiger partial charge >= 0.3 is 12.1 Å². The van der Waals surface area contributed by atoms with E-state index in [2.05, 4.69) is 17.6 Å². The minimum Gasteiger partial charge on any atom is -0.494 e. The van der Waals surface area contributed by atoms with Crippen LogP contribution in [0.4, 0.5) is 10.5 Å². The van der Waals surface area contributed by atoms with Gasteiger partial charge < -0.3 is 25.2 Å². The van der Waals surface area contributed by atoms with Crippen LogP contribution in [0.2, 0.25) is 0 Å². The number of carboxylic acid groups (broad SMARTS) is 1. The predicted octanol–water partition coefficient (Wildman–Crippen LogP) is 5.52. The first kappa shape index (κ1) is 27.7. The molecule has 0 radical (unpaired) electrons. The first-order valence-corrected chi connectivity index (χ1v) is 12.2. The topological polar surface area (TPSA) is 114 Å². The Labute approximate surface area is 207 Å². The van der Waals surface area contributed by atoms with Crippen LogP contribution in [0, 0.1) is 0 Å². The monoisotopic (exact) mass is 484 g/mol. The van der Waals surface area contributed by atoms with Crippen molar-refractivity contribution in [2.45, 2.75) is 70.9 Å². The standard InChI is InChI=1S/C27H36N2O6/c1-2-3-4-5-6-10-19-34-23-15-13-22(14-16-23)28-26(31)24(29-27(32)33)17-18-25(30)35-20-21-11-8-7-9-12-21/h7-9,11-16,24,29H,2-6,10,17-20H2,1H3,(H,28,31)(H,32,33)/t24-/m0/s1. The molecule has 8 heteroatoms. The maximum Gasteiger partial charge on any atom is 0.405 e. The number of rotatable bonds is 16. The molecular weight excluding hydrogens is 448 g/mol. The van der Waals surface area contributed by atoms with Crippen LogP contribution in [0.3, 0.4) is 0 Å². The van der Waals surface area contributed by atoms with Gasteiger partial charge in [0.25, 0.3) is 0 Å². The van der Waals surface area contributed by atoms with Crippen molar-refractivity contribution >= 4 is 23.7 Å². The Hall–Kier alpha value is -3.55. The molecule has 2 aromatic rings. The third-order valence-electron chi connectivity index (χ3n) is 5.38. The lowest BCUT2D eigenvalue weighted by Crippen LogP contribution is -2.43. The molecule has 0 fully saturated rings. The Morgan fingerprint density at radius 1 is 0.914 bits per heavy atom. The first-order valence-electron chi connectivity index (χ1n) is 12.2. The molecule has 0 aliphatic carbocycles. The van der Waals surface area contributed by atoms with Crippen molar-refractivity contribution in [3.05, 3.63) is 60.2 Å². The molecule has 0 unspecified atom stereocenters. The summed E-state index contributed by atoms with van der Waals surface area (Å²) in [6.07, 6.45) is 5.66. The summed E-state index contributed by atoms with van der Waals surface area (Å²) in [6, 6.07) is 15.0.